The van der Waals surface area contributed by atoms with Crippen LogP contribution in [0, 0.1) is 11.8 Å². The number of rotatable bonds is 47. The Morgan fingerprint density at radius 3 is 1.43 bits per heavy atom. The first-order valence-electron chi connectivity index (χ1n) is 32.9. The third-order valence-electron chi connectivity index (χ3n) is 16.0. The second-order valence-electron chi connectivity index (χ2n) is 24.3. The summed E-state index contributed by atoms with van der Waals surface area (Å²) in [5, 5.41) is 36.4. The largest absolute Gasteiger partial charge is 0.480 e. The van der Waals surface area contributed by atoms with Gasteiger partial charge in [0.15, 0.2) is 5.96 Å². The maximum atomic E-state index is 14.8. The number of aliphatic imine (C=N–C) groups is 1. The maximum Gasteiger partial charge on any atom is 0.326 e. The van der Waals surface area contributed by atoms with Crippen molar-refractivity contribution in [3.05, 3.63) is 90.0 Å². The highest BCUT2D eigenvalue weighted by atomic mass is 32.2. The Morgan fingerprint density at radius 2 is 0.959 bits per heavy atom. The van der Waals surface area contributed by atoms with Crippen LogP contribution >= 0.6 is 11.8 Å². The second kappa shape index (κ2) is 44.6. The number of carbonyl (C=O) groups excluding carboxylic acids is 11. The average molecular weight is 1390 g/mol. The maximum absolute atomic E-state index is 14.8. The number of carbonyl (C=O) groups is 12. The van der Waals surface area contributed by atoms with Gasteiger partial charge in [-0.25, -0.2) is 9.78 Å². The molecule has 1 heterocycles. The number of H-pyrrole nitrogens is 1. The predicted octanol–water partition coefficient (Wildman–Crippen LogP) is -2.64. The Labute approximate surface area is 576 Å². The highest BCUT2D eigenvalue weighted by molar-refractivity contribution is 7.98. The molecule has 0 radical (unpaired) electrons. The number of carboxylic acids is 1. The number of nitrogens with one attached hydrogen (secondary N) is 11. The van der Waals surface area contributed by atoms with Gasteiger partial charge in [0.05, 0.1) is 18.8 Å². The molecule has 0 aliphatic heterocycles. The molecule has 98 heavy (non-hydrogen) atoms. The summed E-state index contributed by atoms with van der Waals surface area (Å²) in [6.07, 6.45) is 5.43. The molecule has 0 saturated heterocycles. The molecular formula is C65H103N19O13S. The fourth-order valence-corrected chi connectivity index (χ4v) is 10.5. The van der Waals surface area contributed by atoms with Gasteiger partial charge < -0.3 is 97.7 Å². The number of hydrogen-bond donors (Lipinski definition) is 18. The Bertz CT molecular complexity index is 3070. The van der Waals surface area contributed by atoms with Crippen LogP contribution in [0.25, 0.3) is 0 Å². The molecule has 0 aliphatic carbocycles. The normalized spacial score (nSPS) is 14.8. The molecule has 0 saturated carbocycles. The molecule has 33 heteroatoms. The molecule has 542 valence electrons. The van der Waals surface area contributed by atoms with Crippen LogP contribution in [-0.2, 0) is 76.8 Å². The molecule has 2 aromatic carbocycles. The van der Waals surface area contributed by atoms with Crippen LogP contribution in [-0.4, -0.2) is 190 Å². The number of imidazole rings is 1. The number of thioether (sulfide) groups is 1. The minimum absolute atomic E-state index is 0.0329. The fourth-order valence-electron chi connectivity index (χ4n) is 10.1. The summed E-state index contributed by atoms with van der Waals surface area (Å²) in [5.74, 6) is -11.6. The van der Waals surface area contributed by atoms with Gasteiger partial charge in [-0.1, -0.05) is 94.8 Å². The molecule has 11 amide bonds. The van der Waals surface area contributed by atoms with Gasteiger partial charge in [0.25, 0.3) is 0 Å². The SMILES string of the molecule is CC[C@H](C)[C@H](NC(=O)[C@H](Cc1ccccc1)NC(=O)[C@@H](NC(=O)[C@H](C)NC(=O)[C@@H](N)CCSC)C(C)C)C(=O)N[C@@H](Cc1cnc[nH]1)C(=O)N[C@@H](CC(N)=O)C(=O)N[C@@H](Cc1ccccc1)C(=O)N[C@@H](CCCCN)C(=O)N[C@@H](CCCN=C(N)N)C(=O)N[C@@H](CCCCN)C(=O)O. The molecule has 0 bridgehead atoms. The number of carboxylic acid groups (broad SMARTS) is 1. The highest BCUT2D eigenvalue weighted by Gasteiger charge is 2.38. The summed E-state index contributed by atoms with van der Waals surface area (Å²) >= 11 is 1.51. The number of benzene rings is 2. The van der Waals surface area contributed by atoms with E-state index in [1.807, 2.05) is 6.26 Å². The number of aliphatic carboxylic acids is 1. The van der Waals surface area contributed by atoms with Crippen LogP contribution in [0.15, 0.2) is 78.2 Å². The third kappa shape index (κ3) is 30.5. The van der Waals surface area contributed by atoms with Crippen molar-refractivity contribution >= 4 is 88.7 Å². The Kier molecular flexibility index (Phi) is 37.8. The second-order valence-corrected chi connectivity index (χ2v) is 25.3. The quantitative estimate of drug-likeness (QED) is 0.0156. The van der Waals surface area contributed by atoms with Crippen LogP contribution < -0.4 is 87.6 Å². The van der Waals surface area contributed by atoms with Crippen molar-refractivity contribution < 1.29 is 62.6 Å². The predicted molar refractivity (Wildman–Crippen MR) is 370 cm³/mol. The number of guanidine groups is 1. The number of nitrogens with zero attached hydrogens (tertiary/aromatic N) is 2. The molecular weight excluding hydrogens is 1290 g/mol. The van der Waals surface area contributed by atoms with E-state index in [4.69, 9.17) is 34.4 Å². The summed E-state index contributed by atoms with van der Waals surface area (Å²) in [6.45, 7) is 8.76. The lowest BCUT2D eigenvalue weighted by molar-refractivity contribution is -0.142. The van der Waals surface area contributed by atoms with Gasteiger partial charge in [0.1, 0.15) is 60.4 Å². The van der Waals surface area contributed by atoms with E-state index in [9.17, 15) is 62.6 Å². The van der Waals surface area contributed by atoms with Crippen molar-refractivity contribution in [1.29, 1.82) is 0 Å². The summed E-state index contributed by atoms with van der Waals surface area (Å²) in [7, 11) is 0. The van der Waals surface area contributed by atoms with Crippen molar-refractivity contribution in [3.8, 4) is 0 Å². The zero-order valence-electron chi connectivity index (χ0n) is 56.8. The first-order chi connectivity index (χ1) is 46.6. The van der Waals surface area contributed by atoms with E-state index in [2.05, 4.69) is 68.1 Å². The zero-order chi connectivity index (χ0) is 72.9. The van der Waals surface area contributed by atoms with Crippen molar-refractivity contribution in [2.75, 3.05) is 31.6 Å². The Morgan fingerprint density at radius 1 is 0.520 bits per heavy atom. The van der Waals surface area contributed by atoms with Gasteiger partial charge >= 0.3 is 5.97 Å². The molecule has 12 atom stereocenters. The number of primary amides is 1. The van der Waals surface area contributed by atoms with Gasteiger partial charge in [0, 0.05) is 37.7 Å². The van der Waals surface area contributed by atoms with Crippen molar-refractivity contribution in [1.82, 2.24) is 63.1 Å². The number of unbranched alkanes of at least 4 members (excludes halogenated alkanes) is 2. The molecule has 3 aromatic rings. The van der Waals surface area contributed by atoms with Gasteiger partial charge in [-0.05, 0) is 113 Å². The van der Waals surface area contributed by atoms with E-state index in [1.165, 1.54) is 31.2 Å². The van der Waals surface area contributed by atoms with Crippen LogP contribution in [0.5, 0.6) is 0 Å². The molecule has 0 spiro atoms. The first kappa shape index (κ1) is 83.0. The Balaban J connectivity index is 2.00. The zero-order valence-corrected chi connectivity index (χ0v) is 57.6. The third-order valence-corrected chi connectivity index (χ3v) is 16.6. The molecule has 24 N–H and O–H groups in total. The van der Waals surface area contributed by atoms with E-state index in [1.54, 1.807) is 88.4 Å². The Hall–Kier alpha value is -9.21. The van der Waals surface area contributed by atoms with E-state index >= 15 is 0 Å². The summed E-state index contributed by atoms with van der Waals surface area (Å²) in [4.78, 5) is 178. The molecule has 3 rings (SSSR count). The lowest BCUT2D eigenvalue weighted by Crippen LogP contribution is -2.62. The summed E-state index contributed by atoms with van der Waals surface area (Å²) < 4.78 is 0. The van der Waals surface area contributed by atoms with Gasteiger partial charge in [-0.2, -0.15) is 11.8 Å². The van der Waals surface area contributed by atoms with E-state index in [-0.39, 0.29) is 70.4 Å². The standard InChI is InChI=1S/C65H103N19O13S/c1-7-38(4)53(84-61(93)48(32-41-21-12-9-13-22-41)81-62(94)52(37(2)3)83-54(86)39(5)75-55(87)43(68)26-30-98-6)63(95)82-49(33-42-35-72-36-74-42)59(91)80-50(34-51(69)85)60(92)79-47(31-40-19-10-8-11-20-40)58(90)77-44(23-14-16-27-66)56(88)76-45(25-18-29-73-65(70)71)57(89)78-46(64(96)97)24-15-17-28-67/h8-13,19-22,35-39,43-50,52-53H,7,14-18,23-34,66-68H2,1-6H3,(H2,69,85)(H,72,74)(H,75,87)(H,76,88)(H,77,90)(H,78,89)(H,79,92)(H,80,91)(H,81,94)(H,82,95)(H,83,86)(H,84,93)(H,96,97)(H4,70,71,73)/t38-,39-,43-,44-,45-,46-,47-,48-,49-,50-,52-,53-/m0/s1. The van der Waals surface area contributed by atoms with E-state index in [0.717, 1.165) is 0 Å². The summed E-state index contributed by atoms with van der Waals surface area (Å²) in [5.41, 5.74) is 35.6. The van der Waals surface area contributed by atoms with Gasteiger partial charge in [-0.3, -0.25) is 57.7 Å². The minimum atomic E-state index is -1.82. The highest BCUT2D eigenvalue weighted by Crippen LogP contribution is 2.15. The minimum Gasteiger partial charge on any atom is -0.480 e. The number of aromatic nitrogens is 2. The number of amides is 11. The van der Waals surface area contributed by atoms with Crippen LogP contribution in [0.1, 0.15) is 122 Å². The smallest absolute Gasteiger partial charge is 0.326 e. The fraction of sp³-hybridized carbons (Fsp3) is 0.569. The molecule has 1 aromatic heterocycles. The lowest BCUT2D eigenvalue weighted by Gasteiger charge is -2.30. The molecule has 32 nitrogen and oxygen atoms in total. The van der Waals surface area contributed by atoms with Crippen molar-refractivity contribution in [3.63, 3.8) is 0 Å². The van der Waals surface area contributed by atoms with Crippen molar-refractivity contribution in [2.24, 2.45) is 51.2 Å². The number of nitrogens with two attached hydrogens (primary N) is 6. The average Bonchev–Trinajstić information content (AvgIpc) is 0.966. The van der Waals surface area contributed by atoms with Crippen molar-refractivity contribution in [2.45, 2.75) is 191 Å². The van der Waals surface area contributed by atoms with Crippen LogP contribution in [0.2, 0.25) is 0 Å². The van der Waals surface area contributed by atoms with Crippen LogP contribution in [0.3, 0.4) is 0 Å². The van der Waals surface area contributed by atoms with E-state index < -0.39 is 156 Å². The molecule has 0 aliphatic rings. The molecule has 0 unspecified atom stereocenters. The topological polar surface area (TPSA) is 543 Å². The number of hydrogen-bond acceptors (Lipinski definition) is 18. The lowest BCUT2D eigenvalue weighted by atomic mass is 9.96. The van der Waals surface area contributed by atoms with Crippen LogP contribution in [0.4, 0.5) is 0 Å². The number of aromatic amines is 1. The van der Waals surface area contributed by atoms with Gasteiger partial charge in [0.2, 0.25) is 65.0 Å². The first-order valence-corrected chi connectivity index (χ1v) is 34.3. The van der Waals surface area contributed by atoms with Gasteiger partial charge in [-0.15, -0.1) is 0 Å². The molecule has 0 fully saturated rings. The monoisotopic (exact) mass is 1390 g/mol. The summed E-state index contributed by atoms with van der Waals surface area (Å²) in [6, 6.07) is 2.10. The van der Waals surface area contributed by atoms with E-state index in [0.29, 0.717) is 61.2 Å².